The van der Waals surface area contributed by atoms with Gasteiger partial charge in [0, 0.05) is 22.3 Å². The van der Waals surface area contributed by atoms with E-state index in [1.807, 2.05) is 25.1 Å². The smallest absolute Gasteiger partial charge is 0.162 e. The van der Waals surface area contributed by atoms with Crippen molar-refractivity contribution < 1.29 is 0 Å². The van der Waals surface area contributed by atoms with Gasteiger partial charge in [-0.25, -0.2) is 15.8 Å². The van der Waals surface area contributed by atoms with Crippen LogP contribution in [0.5, 0.6) is 0 Å². The van der Waals surface area contributed by atoms with Gasteiger partial charge in [-0.05, 0) is 24.6 Å². The number of nitrogens with two attached hydrogens (primary N) is 1. The summed E-state index contributed by atoms with van der Waals surface area (Å²) in [7, 11) is 0. The van der Waals surface area contributed by atoms with Crippen LogP contribution in [0.3, 0.4) is 0 Å². The molecule has 1 aromatic heterocycles. The molecule has 4 nitrogen and oxygen atoms in total. The topological polar surface area (TPSA) is 63.8 Å². The summed E-state index contributed by atoms with van der Waals surface area (Å²) in [4.78, 5) is 8.49. The van der Waals surface area contributed by atoms with Crippen molar-refractivity contribution in [3.8, 4) is 11.4 Å². The lowest BCUT2D eigenvalue weighted by Gasteiger charge is -2.05. The fourth-order valence-electron chi connectivity index (χ4n) is 1.37. The Bertz CT molecular complexity index is 513. The third kappa shape index (κ3) is 2.20. The van der Waals surface area contributed by atoms with Crippen LogP contribution in [0.1, 0.15) is 5.56 Å². The third-order valence-electron chi connectivity index (χ3n) is 2.17. The number of aryl methyl sites for hydroxylation is 1. The molecule has 0 aliphatic heterocycles. The first kappa shape index (κ1) is 11.0. The van der Waals surface area contributed by atoms with Crippen LogP contribution in [0.25, 0.3) is 11.4 Å². The molecule has 0 saturated carbocycles. The molecular weight excluding hydrogens is 268 g/mol. The van der Waals surface area contributed by atoms with Gasteiger partial charge in [-0.3, -0.25) is 0 Å². The number of rotatable bonds is 2. The zero-order chi connectivity index (χ0) is 11.5. The molecule has 5 heteroatoms. The lowest BCUT2D eigenvalue weighted by Crippen LogP contribution is -2.09. The molecule has 0 bridgehead atoms. The molecule has 0 fully saturated rings. The van der Waals surface area contributed by atoms with Crippen LogP contribution < -0.4 is 11.3 Å². The van der Waals surface area contributed by atoms with Crippen LogP contribution in [-0.4, -0.2) is 9.97 Å². The first-order chi connectivity index (χ1) is 7.70. The van der Waals surface area contributed by atoms with Crippen LogP contribution in [0.2, 0.25) is 0 Å². The number of halogens is 1. The zero-order valence-electron chi connectivity index (χ0n) is 8.74. The molecule has 1 aromatic carbocycles. The molecule has 16 heavy (non-hydrogen) atoms. The number of benzene rings is 1. The van der Waals surface area contributed by atoms with Crippen molar-refractivity contribution in [2.45, 2.75) is 6.92 Å². The van der Waals surface area contributed by atoms with Gasteiger partial charge in [-0.15, -0.1) is 0 Å². The van der Waals surface area contributed by atoms with Crippen LogP contribution >= 0.6 is 15.9 Å². The highest BCUT2D eigenvalue weighted by molar-refractivity contribution is 9.10. The Morgan fingerprint density at radius 3 is 2.81 bits per heavy atom. The number of nitrogen functional groups attached to an aromatic ring is 1. The standard InChI is InChI=1S/C11H11BrN4/c1-7-2-3-8(9(12)6-7)11-14-5-4-10(15-11)16-13/h2-6H,13H2,1H3,(H,14,15,16). The van der Waals surface area contributed by atoms with Gasteiger partial charge in [-0.1, -0.05) is 22.0 Å². The van der Waals surface area contributed by atoms with Crippen LogP contribution in [0, 0.1) is 6.92 Å². The van der Waals surface area contributed by atoms with Crippen LogP contribution in [-0.2, 0) is 0 Å². The second-order valence-electron chi connectivity index (χ2n) is 3.39. The molecule has 82 valence electrons. The van der Waals surface area contributed by atoms with E-state index < -0.39 is 0 Å². The minimum absolute atomic E-state index is 0.595. The van der Waals surface area contributed by atoms with Gasteiger partial charge >= 0.3 is 0 Å². The molecule has 0 aliphatic rings. The monoisotopic (exact) mass is 278 g/mol. The van der Waals surface area contributed by atoms with Crippen LogP contribution in [0.15, 0.2) is 34.9 Å². The minimum Gasteiger partial charge on any atom is -0.308 e. The Kier molecular flexibility index (Phi) is 3.17. The summed E-state index contributed by atoms with van der Waals surface area (Å²) in [5.41, 5.74) is 4.63. The maximum atomic E-state index is 5.31. The van der Waals surface area contributed by atoms with Crippen molar-refractivity contribution >= 4 is 21.7 Å². The first-order valence-electron chi connectivity index (χ1n) is 4.77. The number of aromatic nitrogens is 2. The lowest BCUT2D eigenvalue weighted by molar-refractivity contribution is 1.14. The summed E-state index contributed by atoms with van der Waals surface area (Å²) >= 11 is 3.50. The van der Waals surface area contributed by atoms with Crippen molar-refractivity contribution in [3.05, 3.63) is 40.5 Å². The van der Waals surface area contributed by atoms with Crippen molar-refractivity contribution in [2.75, 3.05) is 5.43 Å². The van der Waals surface area contributed by atoms with Gasteiger partial charge in [0.2, 0.25) is 0 Å². The maximum Gasteiger partial charge on any atom is 0.162 e. The Balaban J connectivity index is 2.49. The average Bonchev–Trinajstić information content (AvgIpc) is 2.29. The molecule has 0 spiro atoms. The minimum atomic E-state index is 0.595. The van der Waals surface area contributed by atoms with Crippen LogP contribution in [0.4, 0.5) is 5.82 Å². The van der Waals surface area contributed by atoms with E-state index in [-0.39, 0.29) is 0 Å². The largest absolute Gasteiger partial charge is 0.308 e. The number of hydrogen-bond acceptors (Lipinski definition) is 4. The highest BCUT2D eigenvalue weighted by atomic mass is 79.9. The van der Waals surface area contributed by atoms with E-state index in [9.17, 15) is 0 Å². The highest BCUT2D eigenvalue weighted by Gasteiger charge is 2.06. The fraction of sp³-hybridized carbons (Fsp3) is 0.0909. The predicted molar refractivity (Wildman–Crippen MR) is 67.7 cm³/mol. The van der Waals surface area contributed by atoms with Gasteiger partial charge in [0.15, 0.2) is 5.82 Å². The number of nitrogens with zero attached hydrogens (tertiary/aromatic N) is 2. The Hall–Kier alpha value is -1.46. The van der Waals surface area contributed by atoms with Gasteiger partial charge in [-0.2, -0.15) is 0 Å². The molecule has 0 radical (unpaired) electrons. The van der Waals surface area contributed by atoms with Gasteiger partial charge in [0.05, 0.1) is 0 Å². The van der Waals surface area contributed by atoms with E-state index in [0.29, 0.717) is 11.6 Å². The normalized spacial score (nSPS) is 10.2. The average molecular weight is 279 g/mol. The molecule has 0 atom stereocenters. The Morgan fingerprint density at radius 2 is 2.12 bits per heavy atom. The predicted octanol–water partition coefficient (Wildman–Crippen LogP) is 2.50. The molecule has 0 saturated heterocycles. The molecule has 3 N–H and O–H groups in total. The first-order valence-corrected chi connectivity index (χ1v) is 5.56. The summed E-state index contributed by atoms with van der Waals surface area (Å²) in [5.74, 6) is 6.54. The summed E-state index contributed by atoms with van der Waals surface area (Å²) in [6.45, 7) is 2.03. The van der Waals surface area contributed by atoms with Gasteiger partial charge in [0.1, 0.15) is 5.82 Å². The van der Waals surface area contributed by atoms with Gasteiger partial charge < -0.3 is 5.43 Å². The summed E-state index contributed by atoms with van der Waals surface area (Å²) in [6.07, 6.45) is 1.67. The van der Waals surface area contributed by atoms with E-state index >= 15 is 0 Å². The summed E-state index contributed by atoms with van der Waals surface area (Å²) in [6, 6.07) is 7.74. The molecule has 0 amide bonds. The van der Waals surface area contributed by atoms with Crippen molar-refractivity contribution in [2.24, 2.45) is 5.84 Å². The SMILES string of the molecule is Cc1ccc(-c2nccc(NN)n2)c(Br)c1. The van der Waals surface area contributed by atoms with E-state index in [4.69, 9.17) is 5.84 Å². The third-order valence-corrected chi connectivity index (χ3v) is 2.83. The van der Waals surface area contributed by atoms with Crippen molar-refractivity contribution in [1.82, 2.24) is 9.97 Å². The zero-order valence-corrected chi connectivity index (χ0v) is 10.3. The maximum absolute atomic E-state index is 5.31. The Labute approximate surface area is 102 Å². The number of hydrogen-bond donors (Lipinski definition) is 2. The number of nitrogens with one attached hydrogen (secondary N) is 1. The van der Waals surface area contributed by atoms with E-state index in [1.54, 1.807) is 12.3 Å². The molecule has 0 unspecified atom stereocenters. The Morgan fingerprint density at radius 1 is 1.31 bits per heavy atom. The van der Waals surface area contributed by atoms with Crippen molar-refractivity contribution in [1.29, 1.82) is 0 Å². The second kappa shape index (κ2) is 4.59. The second-order valence-corrected chi connectivity index (χ2v) is 4.25. The number of hydrazine groups is 1. The highest BCUT2D eigenvalue weighted by Crippen LogP contribution is 2.26. The molecule has 0 aliphatic carbocycles. The van der Waals surface area contributed by atoms with E-state index in [0.717, 1.165) is 10.0 Å². The molecular formula is C11H11BrN4. The fourth-order valence-corrected chi connectivity index (χ4v) is 2.04. The summed E-state index contributed by atoms with van der Waals surface area (Å²) in [5, 5.41) is 0. The quantitative estimate of drug-likeness (QED) is 0.655. The lowest BCUT2D eigenvalue weighted by atomic mass is 10.1. The number of anilines is 1. The van der Waals surface area contributed by atoms with E-state index in [2.05, 4.69) is 31.3 Å². The van der Waals surface area contributed by atoms with E-state index in [1.165, 1.54) is 5.56 Å². The summed E-state index contributed by atoms with van der Waals surface area (Å²) < 4.78 is 0.974. The van der Waals surface area contributed by atoms with Crippen molar-refractivity contribution in [3.63, 3.8) is 0 Å². The molecule has 2 rings (SSSR count). The molecule has 2 aromatic rings. The van der Waals surface area contributed by atoms with Gasteiger partial charge in [0.25, 0.3) is 0 Å². The molecule has 1 heterocycles.